The van der Waals surface area contributed by atoms with Crippen LogP contribution in [0.3, 0.4) is 0 Å². The zero-order valence-electron chi connectivity index (χ0n) is 20.4. The average molecular weight is 461 g/mol. The summed E-state index contributed by atoms with van der Waals surface area (Å²) in [7, 11) is 0. The van der Waals surface area contributed by atoms with Crippen molar-refractivity contribution in [2.75, 3.05) is 13.2 Å². The molecule has 6 heteroatoms. The Morgan fingerprint density at radius 1 is 0.545 bits per heavy atom. The molecule has 1 atom stereocenters. The normalized spacial score (nSPS) is 12.9. The van der Waals surface area contributed by atoms with E-state index < -0.39 is 24.0 Å². The lowest BCUT2D eigenvalue weighted by atomic mass is 10.2. The fraction of sp³-hybridized carbons (Fsp3) is 0.519. The first-order valence-electron chi connectivity index (χ1n) is 11.8. The molecule has 0 N–H and O–H groups in total. The molecule has 0 radical (unpaired) electrons. The lowest BCUT2D eigenvalue weighted by Crippen LogP contribution is -2.30. The van der Waals surface area contributed by atoms with Gasteiger partial charge in [-0.3, -0.25) is 14.4 Å². The van der Waals surface area contributed by atoms with Crippen molar-refractivity contribution in [3.63, 3.8) is 0 Å². The minimum absolute atomic E-state index is 0.107. The SMILES string of the molecule is CC/C=C\C/C=C\C/C=C\CC(=O)OCC(COC(=O)C/C=C\CC)OC(=O)C/C=C\CC. The quantitative estimate of drug-likeness (QED) is 0.143. The highest BCUT2D eigenvalue weighted by atomic mass is 16.6. The van der Waals surface area contributed by atoms with Crippen LogP contribution in [-0.4, -0.2) is 37.2 Å². The number of rotatable bonds is 18. The monoisotopic (exact) mass is 460 g/mol. The molecule has 0 amide bonds. The van der Waals surface area contributed by atoms with Crippen LogP contribution in [0.5, 0.6) is 0 Å². The van der Waals surface area contributed by atoms with E-state index in [0.717, 1.165) is 32.1 Å². The van der Waals surface area contributed by atoms with Crippen molar-refractivity contribution < 1.29 is 28.6 Å². The van der Waals surface area contributed by atoms with Crippen molar-refractivity contribution in [3.05, 3.63) is 60.8 Å². The Bertz CT molecular complexity index is 685. The van der Waals surface area contributed by atoms with Crippen LogP contribution in [0.4, 0.5) is 0 Å². The summed E-state index contributed by atoms with van der Waals surface area (Å²) >= 11 is 0. The number of ether oxygens (including phenoxy) is 3. The second kappa shape index (κ2) is 22.3. The highest BCUT2D eigenvalue weighted by Gasteiger charge is 2.18. The molecule has 6 nitrogen and oxygen atoms in total. The minimum atomic E-state index is -0.848. The molecule has 0 aromatic heterocycles. The molecule has 0 saturated heterocycles. The largest absolute Gasteiger partial charge is 0.461 e. The van der Waals surface area contributed by atoms with Crippen LogP contribution in [0.1, 0.15) is 72.1 Å². The fourth-order valence-corrected chi connectivity index (χ4v) is 2.42. The van der Waals surface area contributed by atoms with Crippen LogP contribution in [0.25, 0.3) is 0 Å². The highest BCUT2D eigenvalue weighted by molar-refractivity contribution is 5.73. The Morgan fingerprint density at radius 2 is 0.909 bits per heavy atom. The maximum Gasteiger partial charge on any atom is 0.310 e. The summed E-state index contributed by atoms with van der Waals surface area (Å²) < 4.78 is 15.7. The summed E-state index contributed by atoms with van der Waals surface area (Å²) in [6.45, 7) is 5.70. The first-order valence-corrected chi connectivity index (χ1v) is 11.8. The van der Waals surface area contributed by atoms with Gasteiger partial charge >= 0.3 is 17.9 Å². The molecule has 0 aliphatic heterocycles. The predicted molar refractivity (Wildman–Crippen MR) is 131 cm³/mol. The Balaban J connectivity index is 4.50. The number of hydrogen-bond donors (Lipinski definition) is 0. The molecule has 0 fully saturated rings. The van der Waals surface area contributed by atoms with Crippen molar-refractivity contribution in [1.82, 2.24) is 0 Å². The van der Waals surface area contributed by atoms with Crippen LogP contribution < -0.4 is 0 Å². The highest BCUT2D eigenvalue weighted by Crippen LogP contribution is 2.03. The van der Waals surface area contributed by atoms with Crippen LogP contribution in [0.2, 0.25) is 0 Å². The van der Waals surface area contributed by atoms with Gasteiger partial charge in [0.25, 0.3) is 0 Å². The molecule has 0 aliphatic carbocycles. The Hall–Kier alpha value is -2.89. The number of esters is 3. The van der Waals surface area contributed by atoms with Gasteiger partial charge in [-0.1, -0.05) is 81.5 Å². The summed E-state index contributed by atoms with van der Waals surface area (Å²) in [6, 6.07) is 0. The lowest BCUT2D eigenvalue weighted by molar-refractivity contribution is -0.165. The van der Waals surface area contributed by atoms with Crippen LogP contribution >= 0.6 is 0 Å². The lowest BCUT2D eigenvalue weighted by Gasteiger charge is -2.17. The number of carbonyl (C=O) groups is 3. The molecule has 0 aromatic rings. The molecule has 1 unspecified atom stereocenters. The van der Waals surface area contributed by atoms with Crippen molar-refractivity contribution >= 4 is 17.9 Å². The molecule has 0 aromatic carbocycles. The van der Waals surface area contributed by atoms with Crippen molar-refractivity contribution in [1.29, 1.82) is 0 Å². The molecule has 0 heterocycles. The summed E-state index contributed by atoms with van der Waals surface area (Å²) in [5, 5.41) is 0. The van der Waals surface area contributed by atoms with E-state index in [1.165, 1.54) is 0 Å². The second-order valence-corrected chi connectivity index (χ2v) is 7.14. The van der Waals surface area contributed by atoms with Gasteiger partial charge in [-0.25, -0.2) is 0 Å². The fourth-order valence-electron chi connectivity index (χ4n) is 2.42. The zero-order valence-corrected chi connectivity index (χ0v) is 20.4. The molecule has 0 saturated carbocycles. The number of hydrogen-bond acceptors (Lipinski definition) is 6. The maximum absolute atomic E-state index is 12.0. The molecule has 184 valence electrons. The van der Waals surface area contributed by atoms with Gasteiger partial charge in [0, 0.05) is 0 Å². The predicted octanol–water partition coefficient (Wildman–Crippen LogP) is 5.95. The van der Waals surface area contributed by atoms with E-state index in [9.17, 15) is 14.4 Å². The van der Waals surface area contributed by atoms with E-state index in [1.807, 2.05) is 38.2 Å². The molecular weight excluding hydrogens is 420 g/mol. The van der Waals surface area contributed by atoms with Crippen LogP contribution in [0, 0.1) is 0 Å². The third kappa shape index (κ3) is 20.8. The first kappa shape index (κ1) is 30.1. The Kier molecular flexibility index (Phi) is 20.4. The molecule has 0 rings (SSSR count). The Morgan fingerprint density at radius 3 is 1.39 bits per heavy atom. The molecular formula is C27H40O6. The topological polar surface area (TPSA) is 78.9 Å². The smallest absolute Gasteiger partial charge is 0.310 e. The molecule has 0 spiro atoms. The van der Waals surface area contributed by atoms with Gasteiger partial charge in [-0.2, -0.15) is 0 Å². The van der Waals surface area contributed by atoms with Gasteiger partial charge < -0.3 is 14.2 Å². The van der Waals surface area contributed by atoms with Crippen LogP contribution in [-0.2, 0) is 28.6 Å². The van der Waals surface area contributed by atoms with Gasteiger partial charge in [0.15, 0.2) is 6.10 Å². The van der Waals surface area contributed by atoms with Crippen molar-refractivity contribution in [3.8, 4) is 0 Å². The van der Waals surface area contributed by atoms with Gasteiger partial charge in [0.2, 0.25) is 0 Å². The van der Waals surface area contributed by atoms with Crippen molar-refractivity contribution in [2.24, 2.45) is 0 Å². The summed E-state index contributed by atoms with van der Waals surface area (Å²) in [5.41, 5.74) is 0. The van der Waals surface area contributed by atoms with Gasteiger partial charge in [-0.15, -0.1) is 0 Å². The van der Waals surface area contributed by atoms with Crippen LogP contribution in [0.15, 0.2) is 60.8 Å². The molecule has 33 heavy (non-hydrogen) atoms. The van der Waals surface area contributed by atoms with E-state index in [4.69, 9.17) is 14.2 Å². The third-order valence-corrected chi connectivity index (χ3v) is 4.10. The first-order chi connectivity index (χ1) is 16.0. The molecule has 0 aliphatic rings. The van der Waals surface area contributed by atoms with E-state index in [0.29, 0.717) is 0 Å². The summed E-state index contributed by atoms with van der Waals surface area (Å²) in [6.07, 6.45) is 23.0. The standard InChI is InChI=1S/C27H40O6/c1-4-7-10-11-12-13-14-15-18-20-26(29)32-23-24(33-27(30)21-17-9-6-3)22-31-25(28)19-16-8-5-2/h7-10,12-13,15-18,24H,4-6,11,14,19-23H2,1-3H3/b10-7-,13-12-,16-8-,17-9-,18-15-. The summed E-state index contributed by atoms with van der Waals surface area (Å²) in [4.78, 5) is 35.8. The third-order valence-electron chi connectivity index (χ3n) is 4.10. The zero-order chi connectivity index (χ0) is 24.6. The van der Waals surface area contributed by atoms with E-state index >= 15 is 0 Å². The second-order valence-electron chi connectivity index (χ2n) is 7.14. The van der Waals surface area contributed by atoms with E-state index in [2.05, 4.69) is 25.2 Å². The number of allylic oxidation sites excluding steroid dienone is 7. The van der Waals surface area contributed by atoms with E-state index in [-0.39, 0.29) is 32.5 Å². The number of carbonyl (C=O) groups excluding carboxylic acids is 3. The van der Waals surface area contributed by atoms with Crippen molar-refractivity contribution in [2.45, 2.75) is 78.2 Å². The van der Waals surface area contributed by atoms with E-state index in [1.54, 1.807) is 18.2 Å². The summed E-state index contributed by atoms with van der Waals surface area (Å²) in [5.74, 6) is -1.34. The van der Waals surface area contributed by atoms with Gasteiger partial charge in [-0.05, 0) is 32.1 Å². The van der Waals surface area contributed by atoms with Gasteiger partial charge in [0.1, 0.15) is 13.2 Å². The maximum atomic E-state index is 12.0. The Labute approximate surface area is 199 Å². The molecule has 0 bridgehead atoms. The average Bonchev–Trinajstić information content (AvgIpc) is 2.80. The van der Waals surface area contributed by atoms with Gasteiger partial charge in [0.05, 0.1) is 19.3 Å². The minimum Gasteiger partial charge on any atom is -0.461 e.